The molecule has 0 aliphatic carbocycles. The summed E-state index contributed by atoms with van der Waals surface area (Å²) in [6.45, 7) is 0. The number of para-hydroxylation sites is 2. The van der Waals surface area contributed by atoms with Gasteiger partial charge in [0.25, 0.3) is 11.8 Å². The third-order valence-electron chi connectivity index (χ3n) is 6.26. The number of anilines is 2. The van der Waals surface area contributed by atoms with Crippen molar-refractivity contribution in [2.45, 2.75) is 6.42 Å². The molecule has 1 aliphatic rings. The fourth-order valence-corrected chi connectivity index (χ4v) is 5.40. The zero-order chi connectivity index (χ0) is 27.5. The Labute approximate surface area is 239 Å². The molecule has 39 heavy (non-hydrogen) atoms. The number of benzene rings is 4. The fourth-order valence-electron chi connectivity index (χ4n) is 4.43. The molecular formula is C31H22BrFN2O3S. The van der Waals surface area contributed by atoms with Crippen LogP contribution in [-0.2, 0) is 16.0 Å². The van der Waals surface area contributed by atoms with Crippen molar-refractivity contribution in [1.29, 1.82) is 0 Å². The predicted octanol–water partition coefficient (Wildman–Crippen LogP) is 6.94. The molecule has 1 aliphatic heterocycles. The van der Waals surface area contributed by atoms with Gasteiger partial charge in [-0.15, -0.1) is 0 Å². The highest BCUT2D eigenvalue weighted by Gasteiger charge is 2.41. The van der Waals surface area contributed by atoms with Crippen molar-refractivity contribution < 1.29 is 18.7 Å². The third kappa shape index (κ3) is 5.39. The SMILES string of the molecule is COc1cc(C=C2C(=O)N(c3ccccc3)C(=S)N(c3ccccc3)C2=O)cc(Br)c1Cc1cccc(F)c1. The van der Waals surface area contributed by atoms with E-state index in [4.69, 9.17) is 17.0 Å². The highest BCUT2D eigenvalue weighted by atomic mass is 79.9. The molecule has 0 unspecified atom stereocenters. The van der Waals surface area contributed by atoms with Gasteiger partial charge in [-0.3, -0.25) is 19.4 Å². The number of nitrogens with zero attached hydrogens (tertiary/aromatic N) is 2. The van der Waals surface area contributed by atoms with Gasteiger partial charge in [0.15, 0.2) is 5.11 Å². The summed E-state index contributed by atoms with van der Waals surface area (Å²) in [5.41, 5.74) is 3.22. The van der Waals surface area contributed by atoms with Gasteiger partial charge >= 0.3 is 0 Å². The fraction of sp³-hybridized carbons (Fsp3) is 0.0645. The molecule has 4 aromatic rings. The summed E-state index contributed by atoms with van der Waals surface area (Å²) in [5.74, 6) is -0.835. The molecule has 1 heterocycles. The summed E-state index contributed by atoms with van der Waals surface area (Å²) in [4.78, 5) is 30.2. The first-order valence-corrected chi connectivity index (χ1v) is 13.2. The van der Waals surface area contributed by atoms with Crippen LogP contribution in [0.4, 0.5) is 15.8 Å². The van der Waals surface area contributed by atoms with Crippen LogP contribution in [0.2, 0.25) is 0 Å². The molecule has 4 aromatic carbocycles. The minimum atomic E-state index is -0.526. The molecule has 1 saturated heterocycles. The molecule has 0 aromatic heterocycles. The Bertz CT molecular complexity index is 1550. The van der Waals surface area contributed by atoms with Gasteiger partial charge in [0.1, 0.15) is 17.1 Å². The molecular weight excluding hydrogens is 579 g/mol. The summed E-state index contributed by atoms with van der Waals surface area (Å²) < 4.78 is 20.1. The van der Waals surface area contributed by atoms with E-state index >= 15 is 0 Å². The average molecular weight is 601 g/mol. The lowest BCUT2D eigenvalue weighted by molar-refractivity contribution is -0.120. The molecule has 194 valence electrons. The van der Waals surface area contributed by atoms with Crippen molar-refractivity contribution in [3.05, 3.63) is 130 Å². The lowest BCUT2D eigenvalue weighted by Gasteiger charge is -2.36. The van der Waals surface area contributed by atoms with Crippen LogP contribution < -0.4 is 14.5 Å². The van der Waals surface area contributed by atoms with E-state index in [2.05, 4.69) is 15.9 Å². The van der Waals surface area contributed by atoms with E-state index in [0.29, 0.717) is 33.6 Å². The number of ether oxygens (including phenoxy) is 1. The summed E-state index contributed by atoms with van der Waals surface area (Å²) in [6.07, 6.45) is 1.96. The summed E-state index contributed by atoms with van der Waals surface area (Å²) in [5, 5.41) is 0.0729. The monoisotopic (exact) mass is 600 g/mol. The molecule has 5 rings (SSSR count). The van der Waals surface area contributed by atoms with Crippen LogP contribution in [0.15, 0.2) is 107 Å². The van der Waals surface area contributed by atoms with Crippen LogP contribution in [0.5, 0.6) is 5.75 Å². The van der Waals surface area contributed by atoms with Gasteiger partial charge in [-0.05, 0) is 78.0 Å². The van der Waals surface area contributed by atoms with Crippen molar-refractivity contribution in [1.82, 2.24) is 0 Å². The topological polar surface area (TPSA) is 49.9 Å². The Morgan fingerprint density at radius 2 is 1.44 bits per heavy atom. The molecule has 0 bridgehead atoms. The Morgan fingerprint density at radius 1 is 0.846 bits per heavy atom. The van der Waals surface area contributed by atoms with E-state index in [9.17, 15) is 14.0 Å². The molecule has 5 nitrogen and oxygen atoms in total. The maximum absolute atomic E-state index is 13.8. The van der Waals surface area contributed by atoms with Gasteiger partial charge in [-0.25, -0.2) is 4.39 Å². The minimum absolute atomic E-state index is 0.0526. The van der Waals surface area contributed by atoms with E-state index in [1.54, 1.807) is 66.7 Å². The Hall–Kier alpha value is -4.14. The largest absolute Gasteiger partial charge is 0.496 e. The number of carbonyl (C=O) groups is 2. The van der Waals surface area contributed by atoms with E-state index < -0.39 is 11.8 Å². The summed E-state index contributed by atoms with van der Waals surface area (Å²) >= 11 is 9.26. The number of thiocarbonyl (C=S) groups is 1. The Balaban J connectivity index is 1.59. The maximum Gasteiger partial charge on any atom is 0.270 e. The number of methoxy groups -OCH3 is 1. The molecule has 8 heteroatoms. The summed E-state index contributed by atoms with van der Waals surface area (Å²) in [6, 6.07) is 27.9. The molecule has 0 N–H and O–H groups in total. The molecule has 2 amide bonds. The van der Waals surface area contributed by atoms with Crippen LogP contribution in [-0.4, -0.2) is 24.0 Å². The van der Waals surface area contributed by atoms with Gasteiger partial charge < -0.3 is 4.74 Å². The Kier molecular flexibility index (Phi) is 7.67. The highest BCUT2D eigenvalue weighted by molar-refractivity contribution is 9.10. The number of rotatable bonds is 6. The lowest BCUT2D eigenvalue weighted by atomic mass is 10.00. The Morgan fingerprint density at radius 3 is 1.97 bits per heavy atom. The zero-order valence-electron chi connectivity index (χ0n) is 20.8. The quantitative estimate of drug-likeness (QED) is 0.137. The second-order valence-corrected chi connectivity index (χ2v) is 10.0. The van der Waals surface area contributed by atoms with Crippen LogP contribution >= 0.6 is 28.1 Å². The minimum Gasteiger partial charge on any atom is -0.496 e. The van der Waals surface area contributed by atoms with Gasteiger partial charge in [0.2, 0.25) is 0 Å². The number of amides is 2. The molecule has 0 saturated carbocycles. The van der Waals surface area contributed by atoms with Gasteiger partial charge in [-0.2, -0.15) is 0 Å². The number of hydrogen-bond donors (Lipinski definition) is 0. The van der Waals surface area contributed by atoms with Crippen molar-refractivity contribution in [2.24, 2.45) is 0 Å². The normalized spacial score (nSPS) is 13.6. The second-order valence-electron chi connectivity index (χ2n) is 8.78. The van der Waals surface area contributed by atoms with Gasteiger partial charge in [0.05, 0.1) is 18.5 Å². The molecule has 0 atom stereocenters. The maximum atomic E-state index is 13.8. The average Bonchev–Trinajstić information content (AvgIpc) is 2.93. The second kappa shape index (κ2) is 11.3. The smallest absolute Gasteiger partial charge is 0.270 e. The van der Waals surface area contributed by atoms with Crippen LogP contribution in [0, 0.1) is 5.82 Å². The standard InChI is InChI=1S/C31H22BrFN2O3S/c1-38-28-19-21(18-27(32)25(28)16-20-9-8-10-22(33)15-20)17-26-29(36)34(23-11-4-2-5-12-23)31(39)35(30(26)37)24-13-6-3-7-14-24/h2-15,17-19H,16H2,1H3. The molecule has 0 radical (unpaired) electrons. The van der Waals surface area contributed by atoms with Crippen molar-refractivity contribution in [2.75, 3.05) is 16.9 Å². The first-order valence-electron chi connectivity index (χ1n) is 12.0. The third-order valence-corrected chi connectivity index (χ3v) is 7.33. The lowest BCUT2D eigenvalue weighted by Crippen LogP contribution is -2.56. The zero-order valence-corrected chi connectivity index (χ0v) is 23.2. The molecule has 1 fully saturated rings. The van der Waals surface area contributed by atoms with Crippen molar-refractivity contribution in [3.8, 4) is 5.75 Å². The number of halogens is 2. The van der Waals surface area contributed by atoms with E-state index in [0.717, 1.165) is 11.1 Å². The number of hydrogen-bond acceptors (Lipinski definition) is 4. The van der Waals surface area contributed by atoms with E-state index in [1.807, 2.05) is 18.2 Å². The van der Waals surface area contributed by atoms with Crippen LogP contribution in [0.3, 0.4) is 0 Å². The van der Waals surface area contributed by atoms with Crippen molar-refractivity contribution in [3.63, 3.8) is 0 Å². The van der Waals surface area contributed by atoms with Gasteiger partial charge in [0, 0.05) is 16.5 Å². The van der Waals surface area contributed by atoms with Crippen molar-refractivity contribution >= 4 is 62.5 Å². The highest BCUT2D eigenvalue weighted by Crippen LogP contribution is 2.34. The van der Waals surface area contributed by atoms with Crippen LogP contribution in [0.25, 0.3) is 6.08 Å². The van der Waals surface area contributed by atoms with Crippen LogP contribution in [0.1, 0.15) is 16.7 Å². The van der Waals surface area contributed by atoms with E-state index in [1.165, 1.54) is 35.1 Å². The molecule has 0 spiro atoms. The van der Waals surface area contributed by atoms with Gasteiger partial charge in [-0.1, -0.05) is 64.5 Å². The predicted molar refractivity (Wildman–Crippen MR) is 158 cm³/mol. The summed E-state index contributed by atoms with van der Waals surface area (Å²) in [7, 11) is 1.54. The first-order chi connectivity index (χ1) is 18.9. The number of carbonyl (C=O) groups excluding carboxylic acids is 2. The van der Waals surface area contributed by atoms with E-state index in [-0.39, 0.29) is 16.5 Å². The first kappa shape index (κ1) is 26.5.